The number of rotatable bonds is 3. The fourth-order valence-corrected chi connectivity index (χ4v) is 2.10. The van der Waals surface area contributed by atoms with E-state index in [1.54, 1.807) is 7.11 Å². The number of H-pyrrole nitrogens is 1. The third kappa shape index (κ3) is 2.12. The molecule has 0 spiro atoms. The maximum atomic E-state index is 5.25. The van der Waals surface area contributed by atoms with Crippen LogP contribution in [-0.2, 0) is 0 Å². The molecular weight excluding hydrogens is 238 g/mol. The number of aromatic amines is 1. The number of ether oxygens (including phenoxy) is 1. The Kier molecular flexibility index (Phi) is 2.83. The van der Waals surface area contributed by atoms with E-state index in [4.69, 9.17) is 4.74 Å². The third-order valence-electron chi connectivity index (χ3n) is 3.14. The maximum Gasteiger partial charge on any atom is 0.137 e. The number of methoxy groups -OCH3 is 1. The van der Waals surface area contributed by atoms with Gasteiger partial charge >= 0.3 is 0 Å². The Hall–Kier alpha value is -2.49. The molecule has 4 nitrogen and oxygen atoms in total. The van der Waals surface area contributed by atoms with Crippen molar-refractivity contribution in [3.05, 3.63) is 42.6 Å². The summed E-state index contributed by atoms with van der Waals surface area (Å²) in [5, 5.41) is 4.18. The normalized spacial score (nSPS) is 10.6. The van der Waals surface area contributed by atoms with Crippen molar-refractivity contribution in [3.63, 3.8) is 0 Å². The van der Waals surface area contributed by atoms with Crippen molar-refractivity contribution in [2.75, 3.05) is 19.5 Å². The number of nitrogens with one attached hydrogen (secondary N) is 2. The Bertz CT molecular complexity index is 718. The average molecular weight is 253 g/mol. The predicted octanol–water partition coefficient (Wildman–Crippen LogP) is 3.28. The van der Waals surface area contributed by atoms with Gasteiger partial charge in [0.2, 0.25) is 0 Å². The van der Waals surface area contributed by atoms with Crippen LogP contribution in [0.25, 0.3) is 22.3 Å². The van der Waals surface area contributed by atoms with Crippen molar-refractivity contribution < 1.29 is 4.74 Å². The van der Waals surface area contributed by atoms with E-state index in [0.717, 1.165) is 33.7 Å². The molecule has 19 heavy (non-hydrogen) atoms. The van der Waals surface area contributed by atoms with Crippen LogP contribution in [0.15, 0.2) is 42.6 Å². The number of aromatic nitrogens is 2. The predicted molar refractivity (Wildman–Crippen MR) is 77.6 cm³/mol. The average Bonchev–Trinajstić information content (AvgIpc) is 2.90. The highest BCUT2D eigenvalue weighted by molar-refractivity contribution is 5.85. The largest absolute Gasteiger partial charge is 0.497 e. The van der Waals surface area contributed by atoms with Gasteiger partial charge in [-0.05, 0) is 24.3 Å². The third-order valence-corrected chi connectivity index (χ3v) is 3.14. The zero-order valence-corrected chi connectivity index (χ0v) is 10.9. The van der Waals surface area contributed by atoms with Crippen molar-refractivity contribution in [3.8, 4) is 17.0 Å². The van der Waals surface area contributed by atoms with Gasteiger partial charge in [0, 0.05) is 23.7 Å². The lowest BCUT2D eigenvalue weighted by Crippen LogP contribution is -1.88. The van der Waals surface area contributed by atoms with Crippen molar-refractivity contribution >= 4 is 16.7 Å². The lowest BCUT2D eigenvalue weighted by atomic mass is 10.1. The first-order chi connectivity index (χ1) is 9.30. The summed E-state index contributed by atoms with van der Waals surface area (Å²) >= 11 is 0. The van der Waals surface area contributed by atoms with E-state index in [-0.39, 0.29) is 0 Å². The fourth-order valence-electron chi connectivity index (χ4n) is 2.10. The Morgan fingerprint density at radius 2 is 2.11 bits per heavy atom. The van der Waals surface area contributed by atoms with Crippen molar-refractivity contribution in [1.29, 1.82) is 0 Å². The number of nitrogens with zero attached hydrogens (tertiary/aromatic N) is 1. The number of hydrogen-bond acceptors (Lipinski definition) is 3. The summed E-state index contributed by atoms with van der Waals surface area (Å²) in [6, 6.07) is 12.1. The smallest absolute Gasteiger partial charge is 0.137 e. The molecule has 0 fully saturated rings. The van der Waals surface area contributed by atoms with E-state index in [2.05, 4.69) is 27.4 Å². The summed E-state index contributed by atoms with van der Waals surface area (Å²) in [5.41, 5.74) is 4.01. The SMILES string of the molecule is CNc1cnc2[nH]c(-c3cccc(OC)c3)cc2c1. The first-order valence-corrected chi connectivity index (χ1v) is 6.11. The van der Waals surface area contributed by atoms with E-state index in [0.29, 0.717) is 0 Å². The molecule has 0 aliphatic carbocycles. The van der Waals surface area contributed by atoms with Gasteiger partial charge in [-0.2, -0.15) is 0 Å². The Balaban J connectivity index is 2.09. The lowest BCUT2D eigenvalue weighted by Gasteiger charge is -2.01. The molecule has 0 radical (unpaired) electrons. The van der Waals surface area contributed by atoms with Gasteiger partial charge in [0.1, 0.15) is 11.4 Å². The van der Waals surface area contributed by atoms with Crippen LogP contribution in [0.2, 0.25) is 0 Å². The van der Waals surface area contributed by atoms with Crippen molar-refractivity contribution in [2.24, 2.45) is 0 Å². The molecular formula is C15H15N3O. The molecule has 2 aromatic heterocycles. The van der Waals surface area contributed by atoms with Crippen LogP contribution in [0.5, 0.6) is 5.75 Å². The minimum absolute atomic E-state index is 0.847. The van der Waals surface area contributed by atoms with Gasteiger partial charge < -0.3 is 15.0 Å². The summed E-state index contributed by atoms with van der Waals surface area (Å²) in [4.78, 5) is 7.71. The topological polar surface area (TPSA) is 49.9 Å². The number of hydrogen-bond donors (Lipinski definition) is 2. The molecule has 0 saturated carbocycles. The molecule has 0 aliphatic heterocycles. The Morgan fingerprint density at radius 3 is 2.89 bits per heavy atom. The molecule has 96 valence electrons. The van der Waals surface area contributed by atoms with E-state index >= 15 is 0 Å². The Morgan fingerprint density at radius 1 is 1.21 bits per heavy atom. The minimum atomic E-state index is 0.847. The lowest BCUT2D eigenvalue weighted by molar-refractivity contribution is 0.415. The molecule has 3 aromatic rings. The number of pyridine rings is 1. The highest BCUT2D eigenvalue weighted by atomic mass is 16.5. The van der Waals surface area contributed by atoms with E-state index in [1.165, 1.54) is 0 Å². The first-order valence-electron chi connectivity index (χ1n) is 6.11. The van der Waals surface area contributed by atoms with Gasteiger partial charge in [-0.25, -0.2) is 4.98 Å². The van der Waals surface area contributed by atoms with Gasteiger partial charge in [0.15, 0.2) is 0 Å². The molecule has 2 N–H and O–H groups in total. The van der Waals surface area contributed by atoms with Crippen LogP contribution >= 0.6 is 0 Å². The molecule has 0 unspecified atom stereocenters. The molecule has 2 heterocycles. The zero-order valence-electron chi connectivity index (χ0n) is 10.9. The molecule has 0 bridgehead atoms. The summed E-state index contributed by atoms with van der Waals surface area (Å²) < 4.78 is 5.25. The number of benzene rings is 1. The van der Waals surface area contributed by atoms with Crippen molar-refractivity contribution in [1.82, 2.24) is 9.97 Å². The van der Waals surface area contributed by atoms with Crippen molar-refractivity contribution in [2.45, 2.75) is 0 Å². The molecule has 0 atom stereocenters. The fraction of sp³-hybridized carbons (Fsp3) is 0.133. The summed E-state index contributed by atoms with van der Waals surface area (Å²) in [5.74, 6) is 0.847. The van der Waals surface area contributed by atoms with Crippen LogP contribution < -0.4 is 10.1 Å². The van der Waals surface area contributed by atoms with Gasteiger partial charge in [0.05, 0.1) is 19.0 Å². The molecule has 1 aromatic carbocycles. The minimum Gasteiger partial charge on any atom is -0.497 e. The molecule has 4 heteroatoms. The van der Waals surface area contributed by atoms with Crippen LogP contribution in [0.4, 0.5) is 5.69 Å². The van der Waals surface area contributed by atoms with Crippen LogP contribution in [0, 0.1) is 0 Å². The van der Waals surface area contributed by atoms with E-state index in [1.807, 2.05) is 37.5 Å². The highest BCUT2D eigenvalue weighted by Crippen LogP contribution is 2.27. The maximum absolute atomic E-state index is 5.25. The van der Waals surface area contributed by atoms with Gasteiger partial charge in [-0.3, -0.25) is 0 Å². The van der Waals surface area contributed by atoms with Gasteiger partial charge in [-0.1, -0.05) is 12.1 Å². The molecule has 0 amide bonds. The van der Waals surface area contributed by atoms with E-state index < -0.39 is 0 Å². The monoisotopic (exact) mass is 253 g/mol. The Labute approximate surface area is 111 Å². The summed E-state index contributed by atoms with van der Waals surface area (Å²) in [6.07, 6.45) is 1.81. The summed E-state index contributed by atoms with van der Waals surface area (Å²) in [6.45, 7) is 0. The van der Waals surface area contributed by atoms with Gasteiger partial charge in [0.25, 0.3) is 0 Å². The summed E-state index contributed by atoms with van der Waals surface area (Å²) in [7, 11) is 3.56. The molecule has 3 rings (SSSR count). The number of fused-ring (bicyclic) bond motifs is 1. The number of anilines is 1. The molecule has 0 saturated heterocycles. The van der Waals surface area contributed by atoms with E-state index in [9.17, 15) is 0 Å². The molecule has 0 aliphatic rings. The van der Waals surface area contributed by atoms with Crippen LogP contribution in [0.3, 0.4) is 0 Å². The van der Waals surface area contributed by atoms with Gasteiger partial charge in [-0.15, -0.1) is 0 Å². The second-order valence-corrected chi connectivity index (χ2v) is 4.33. The van der Waals surface area contributed by atoms with Crippen LogP contribution in [-0.4, -0.2) is 24.1 Å². The van der Waals surface area contributed by atoms with Crippen LogP contribution in [0.1, 0.15) is 0 Å². The second-order valence-electron chi connectivity index (χ2n) is 4.33. The quantitative estimate of drug-likeness (QED) is 0.753. The highest BCUT2D eigenvalue weighted by Gasteiger charge is 2.05. The second kappa shape index (κ2) is 4.65. The zero-order chi connectivity index (χ0) is 13.2. The standard InChI is InChI=1S/C15H15N3O/c1-16-12-6-11-8-14(18-15(11)17-9-12)10-4-3-5-13(7-10)19-2/h3-9,16H,1-2H3,(H,17,18). The first kappa shape index (κ1) is 11.6.